The molecule has 0 radical (unpaired) electrons. The van der Waals surface area contributed by atoms with Crippen molar-refractivity contribution in [1.82, 2.24) is 0 Å². The fourth-order valence-corrected chi connectivity index (χ4v) is 4.07. The van der Waals surface area contributed by atoms with Crippen molar-refractivity contribution < 1.29 is 68.7 Å². The third kappa shape index (κ3) is 7.53. The van der Waals surface area contributed by atoms with Gasteiger partial charge in [-0.25, -0.2) is 9.59 Å². The Labute approximate surface area is 222 Å². The molecule has 3 rings (SSSR count). The molecule has 0 aliphatic carbocycles. The standard InChI is InChI=1S/C25H30O14/c1-35-23(34)16-11-37-24(39-25-22(33)21(32)20(31)17(10-26)38-25)15(8-18(28)29)14(16)9-19(30)36-7-6-12-2-4-13(27)5-3-12/h2-5,8,11,14,17,20-22,24-27,31-33H,6-7,9-10H2,1H3,(H,28,29)/b15-8-/t14-,17+,20+,21-,22+,24?,25-/m0/s1. The maximum absolute atomic E-state index is 12.7. The molecule has 2 aliphatic rings. The van der Waals surface area contributed by atoms with Crippen molar-refractivity contribution in [1.29, 1.82) is 0 Å². The second-order valence-electron chi connectivity index (χ2n) is 8.74. The summed E-state index contributed by atoms with van der Waals surface area (Å²) in [7, 11) is 1.08. The Morgan fingerprint density at radius 3 is 2.36 bits per heavy atom. The lowest BCUT2D eigenvalue weighted by atomic mass is 9.86. The lowest BCUT2D eigenvalue weighted by Crippen LogP contribution is -2.60. The van der Waals surface area contributed by atoms with Crippen LogP contribution in [0.4, 0.5) is 0 Å². The van der Waals surface area contributed by atoms with E-state index in [9.17, 15) is 45.0 Å². The monoisotopic (exact) mass is 554 g/mol. The fourth-order valence-electron chi connectivity index (χ4n) is 4.07. The highest BCUT2D eigenvalue weighted by Crippen LogP contribution is 2.36. The first-order valence-electron chi connectivity index (χ1n) is 11.8. The molecular formula is C25H30O14. The Kier molecular flexibility index (Phi) is 10.4. The van der Waals surface area contributed by atoms with Crippen LogP contribution in [-0.2, 0) is 44.5 Å². The van der Waals surface area contributed by atoms with Gasteiger partial charge in [0.25, 0.3) is 0 Å². The summed E-state index contributed by atoms with van der Waals surface area (Å²) in [6, 6.07) is 6.25. The summed E-state index contributed by atoms with van der Waals surface area (Å²) < 4.78 is 26.2. The van der Waals surface area contributed by atoms with Gasteiger partial charge < -0.3 is 54.3 Å². The number of carbonyl (C=O) groups is 3. The molecule has 14 nitrogen and oxygen atoms in total. The quantitative estimate of drug-likeness (QED) is 0.147. The van der Waals surface area contributed by atoms with Crippen molar-refractivity contribution in [3.63, 3.8) is 0 Å². The van der Waals surface area contributed by atoms with E-state index in [0.717, 1.165) is 18.9 Å². The van der Waals surface area contributed by atoms with Gasteiger partial charge in [0.2, 0.25) is 6.29 Å². The van der Waals surface area contributed by atoms with Gasteiger partial charge in [-0.15, -0.1) is 0 Å². The molecule has 0 saturated carbocycles. The van der Waals surface area contributed by atoms with Gasteiger partial charge in [0, 0.05) is 24.0 Å². The summed E-state index contributed by atoms with van der Waals surface area (Å²) in [5.41, 5.74) is 0.327. The molecule has 0 aromatic heterocycles. The Bertz CT molecular complexity index is 1080. The number of carbonyl (C=O) groups excluding carboxylic acids is 2. The van der Waals surface area contributed by atoms with Crippen LogP contribution < -0.4 is 0 Å². The topological polar surface area (TPSA) is 219 Å². The largest absolute Gasteiger partial charge is 0.508 e. The number of ether oxygens (including phenoxy) is 5. The van der Waals surface area contributed by atoms with Gasteiger partial charge in [-0.2, -0.15) is 0 Å². The lowest BCUT2D eigenvalue weighted by molar-refractivity contribution is -0.327. The molecule has 0 bridgehead atoms. The average Bonchev–Trinajstić information content (AvgIpc) is 2.91. The molecule has 0 spiro atoms. The Morgan fingerprint density at radius 2 is 1.74 bits per heavy atom. The number of aliphatic hydroxyl groups is 4. The van der Waals surface area contributed by atoms with Crippen molar-refractivity contribution in [2.45, 2.75) is 49.8 Å². The van der Waals surface area contributed by atoms with Crippen LogP contribution in [0, 0.1) is 5.92 Å². The van der Waals surface area contributed by atoms with Gasteiger partial charge in [0.1, 0.15) is 30.2 Å². The Morgan fingerprint density at radius 1 is 1.05 bits per heavy atom. The number of aliphatic hydroxyl groups excluding tert-OH is 4. The minimum atomic E-state index is -1.83. The number of rotatable bonds is 10. The number of carboxylic acids is 1. The zero-order valence-electron chi connectivity index (χ0n) is 20.8. The van der Waals surface area contributed by atoms with E-state index in [0.29, 0.717) is 12.5 Å². The zero-order chi connectivity index (χ0) is 28.7. The Balaban J connectivity index is 1.80. The molecule has 7 atom stereocenters. The van der Waals surface area contributed by atoms with Crippen molar-refractivity contribution in [2.24, 2.45) is 5.92 Å². The van der Waals surface area contributed by atoms with Gasteiger partial charge in [-0.3, -0.25) is 4.79 Å². The molecule has 14 heteroatoms. The number of aliphatic carboxylic acids is 1. The fraction of sp³-hybridized carbons (Fsp3) is 0.480. The molecule has 1 aromatic carbocycles. The molecular weight excluding hydrogens is 524 g/mol. The summed E-state index contributed by atoms with van der Waals surface area (Å²) >= 11 is 0. The van der Waals surface area contributed by atoms with E-state index in [2.05, 4.69) is 0 Å². The normalized spacial score (nSPS) is 29.7. The zero-order valence-corrected chi connectivity index (χ0v) is 20.8. The van der Waals surface area contributed by atoms with Crippen molar-refractivity contribution in [2.75, 3.05) is 20.3 Å². The van der Waals surface area contributed by atoms with Crippen LogP contribution in [0.25, 0.3) is 0 Å². The van der Waals surface area contributed by atoms with Gasteiger partial charge >= 0.3 is 17.9 Å². The first-order valence-corrected chi connectivity index (χ1v) is 11.8. The molecule has 1 aromatic rings. The molecule has 1 unspecified atom stereocenters. The van der Waals surface area contributed by atoms with Crippen LogP contribution in [0.15, 0.2) is 47.7 Å². The second kappa shape index (κ2) is 13.5. The number of esters is 2. The van der Waals surface area contributed by atoms with E-state index < -0.39 is 73.8 Å². The van der Waals surface area contributed by atoms with Crippen LogP contribution in [0.1, 0.15) is 12.0 Å². The molecule has 0 amide bonds. The Hall–Kier alpha value is -3.53. The predicted molar refractivity (Wildman–Crippen MR) is 126 cm³/mol. The van der Waals surface area contributed by atoms with Crippen molar-refractivity contribution >= 4 is 17.9 Å². The van der Waals surface area contributed by atoms with Crippen molar-refractivity contribution in [3.8, 4) is 5.75 Å². The first kappa shape index (κ1) is 30.0. The molecule has 2 heterocycles. The molecule has 2 aliphatic heterocycles. The van der Waals surface area contributed by atoms with Crippen LogP contribution >= 0.6 is 0 Å². The molecule has 214 valence electrons. The molecule has 1 fully saturated rings. The number of benzene rings is 1. The van der Waals surface area contributed by atoms with Gasteiger partial charge in [-0.1, -0.05) is 12.1 Å². The molecule has 6 N–H and O–H groups in total. The maximum Gasteiger partial charge on any atom is 0.337 e. The van der Waals surface area contributed by atoms with Crippen LogP contribution in [0.3, 0.4) is 0 Å². The van der Waals surface area contributed by atoms with Crippen LogP contribution in [0.5, 0.6) is 5.75 Å². The second-order valence-corrected chi connectivity index (χ2v) is 8.74. The molecule has 1 saturated heterocycles. The molecule has 39 heavy (non-hydrogen) atoms. The first-order chi connectivity index (χ1) is 18.5. The summed E-state index contributed by atoms with van der Waals surface area (Å²) in [5.74, 6) is -4.36. The van der Waals surface area contributed by atoms with Gasteiger partial charge in [0.05, 0.1) is 38.6 Å². The van der Waals surface area contributed by atoms with Crippen molar-refractivity contribution in [3.05, 3.63) is 53.3 Å². The summed E-state index contributed by atoms with van der Waals surface area (Å²) in [6.45, 7) is -0.786. The number of aromatic hydroxyl groups is 1. The van der Waals surface area contributed by atoms with E-state index in [1.165, 1.54) is 12.1 Å². The van der Waals surface area contributed by atoms with E-state index in [1.54, 1.807) is 12.1 Å². The van der Waals surface area contributed by atoms with E-state index in [-0.39, 0.29) is 23.5 Å². The van der Waals surface area contributed by atoms with Gasteiger partial charge in [0.15, 0.2) is 6.29 Å². The van der Waals surface area contributed by atoms with Gasteiger partial charge in [-0.05, 0) is 17.7 Å². The summed E-state index contributed by atoms with van der Waals surface area (Å²) in [5, 5.41) is 58.6. The minimum absolute atomic E-state index is 0.0487. The smallest absolute Gasteiger partial charge is 0.337 e. The SMILES string of the molecule is COC(=O)C1=COC(O[C@@H]2O[C@H](CO)[C@@H](O)[C@H](O)[C@H]2O)/C(=C\C(=O)O)[C@@H]1CC(=O)OCCc1ccc(O)cc1. The highest BCUT2D eigenvalue weighted by molar-refractivity contribution is 5.91. The number of methoxy groups -OCH3 is 1. The third-order valence-electron chi connectivity index (χ3n) is 6.15. The van der Waals surface area contributed by atoms with Crippen LogP contribution in [-0.4, -0.2) is 106 Å². The minimum Gasteiger partial charge on any atom is -0.508 e. The van der Waals surface area contributed by atoms with E-state index in [4.69, 9.17) is 23.7 Å². The number of phenols is 1. The number of carboxylic acid groups (broad SMARTS) is 1. The lowest BCUT2D eigenvalue weighted by Gasteiger charge is -2.41. The average molecular weight is 555 g/mol. The number of hydrogen-bond acceptors (Lipinski definition) is 13. The number of hydrogen-bond donors (Lipinski definition) is 6. The highest BCUT2D eigenvalue weighted by Gasteiger charge is 2.47. The summed E-state index contributed by atoms with van der Waals surface area (Å²) in [6.07, 6.45) is -8.56. The van der Waals surface area contributed by atoms with Crippen LogP contribution in [0.2, 0.25) is 0 Å². The summed E-state index contributed by atoms with van der Waals surface area (Å²) in [4.78, 5) is 36.8. The third-order valence-corrected chi connectivity index (χ3v) is 6.15. The highest BCUT2D eigenvalue weighted by atomic mass is 16.8. The van der Waals surface area contributed by atoms with E-state index >= 15 is 0 Å². The number of phenolic OH excluding ortho intramolecular Hbond substituents is 1. The maximum atomic E-state index is 12.7. The predicted octanol–water partition coefficient (Wildman–Crippen LogP) is -1.28. The van der Waals surface area contributed by atoms with E-state index in [1.807, 2.05) is 0 Å².